The third-order valence-electron chi connectivity index (χ3n) is 3.70. The van der Waals surface area contributed by atoms with E-state index in [9.17, 15) is 9.59 Å². The lowest BCUT2D eigenvalue weighted by atomic mass is 9.90. The number of hydrogen-bond acceptors (Lipinski definition) is 3. The number of carbonyl (C=O) groups is 2. The number of piperidine rings is 1. The highest BCUT2D eigenvalue weighted by Crippen LogP contribution is 2.18. The van der Waals surface area contributed by atoms with Crippen molar-refractivity contribution >= 4 is 11.8 Å². The lowest BCUT2D eigenvalue weighted by Crippen LogP contribution is -2.44. The molecule has 0 aromatic rings. The molecule has 1 fully saturated rings. The molecule has 2 N–H and O–H groups in total. The van der Waals surface area contributed by atoms with Gasteiger partial charge < -0.3 is 15.5 Å². The molecular weight excluding hydrogens is 230 g/mol. The molecule has 104 valence electrons. The molecule has 5 heteroatoms. The Bertz CT molecular complexity index is 294. The fraction of sp³-hybridized carbons (Fsp3) is 0.846. The van der Waals surface area contributed by atoms with Crippen molar-refractivity contribution in [3.63, 3.8) is 0 Å². The molecule has 1 aliphatic rings. The molecule has 0 radical (unpaired) electrons. The molecule has 0 aliphatic carbocycles. The van der Waals surface area contributed by atoms with Gasteiger partial charge in [-0.05, 0) is 25.3 Å². The van der Waals surface area contributed by atoms with E-state index in [1.54, 1.807) is 19.0 Å². The first-order valence-electron chi connectivity index (χ1n) is 6.72. The van der Waals surface area contributed by atoms with Crippen molar-refractivity contribution in [2.24, 2.45) is 5.92 Å². The zero-order chi connectivity index (χ0) is 13.5. The van der Waals surface area contributed by atoms with E-state index in [0.29, 0.717) is 25.3 Å². The molecule has 1 aliphatic heterocycles. The number of hydrogen-bond donors (Lipinski definition) is 2. The lowest BCUT2D eigenvalue weighted by molar-refractivity contribution is -0.131. The highest BCUT2D eigenvalue weighted by atomic mass is 16.2. The van der Waals surface area contributed by atoms with Gasteiger partial charge in [-0.15, -0.1) is 0 Å². The van der Waals surface area contributed by atoms with E-state index in [4.69, 9.17) is 0 Å². The van der Waals surface area contributed by atoms with Crippen LogP contribution in [-0.2, 0) is 9.59 Å². The summed E-state index contributed by atoms with van der Waals surface area (Å²) < 4.78 is 0. The minimum Gasteiger partial charge on any atom is -0.359 e. The molecule has 1 heterocycles. The molecule has 0 saturated carbocycles. The molecular formula is C13H25N3O2. The third kappa shape index (κ3) is 4.64. The molecule has 0 aromatic heterocycles. The van der Waals surface area contributed by atoms with Crippen molar-refractivity contribution in [3.8, 4) is 0 Å². The molecule has 0 bridgehead atoms. The van der Waals surface area contributed by atoms with Crippen LogP contribution in [0.1, 0.15) is 32.6 Å². The van der Waals surface area contributed by atoms with Crippen LogP contribution in [-0.4, -0.2) is 49.9 Å². The maximum absolute atomic E-state index is 12.0. The van der Waals surface area contributed by atoms with Gasteiger partial charge in [-0.1, -0.05) is 6.92 Å². The van der Waals surface area contributed by atoms with E-state index >= 15 is 0 Å². The van der Waals surface area contributed by atoms with Gasteiger partial charge in [0, 0.05) is 39.5 Å². The van der Waals surface area contributed by atoms with E-state index in [2.05, 4.69) is 17.6 Å². The van der Waals surface area contributed by atoms with Crippen molar-refractivity contribution < 1.29 is 9.59 Å². The van der Waals surface area contributed by atoms with E-state index in [1.807, 2.05) is 0 Å². The Morgan fingerprint density at radius 3 is 2.78 bits per heavy atom. The molecule has 1 saturated heterocycles. The minimum absolute atomic E-state index is 0.0289. The zero-order valence-electron chi connectivity index (χ0n) is 11.7. The summed E-state index contributed by atoms with van der Waals surface area (Å²) >= 11 is 0. The highest BCUT2D eigenvalue weighted by Gasteiger charge is 2.24. The van der Waals surface area contributed by atoms with Gasteiger partial charge in [-0.25, -0.2) is 0 Å². The fourth-order valence-electron chi connectivity index (χ4n) is 2.25. The number of rotatable bonds is 5. The minimum atomic E-state index is -0.0289. The summed E-state index contributed by atoms with van der Waals surface area (Å²) in [5.41, 5.74) is 0. The number of nitrogens with zero attached hydrogens (tertiary/aromatic N) is 1. The van der Waals surface area contributed by atoms with E-state index in [-0.39, 0.29) is 17.9 Å². The Labute approximate surface area is 109 Å². The summed E-state index contributed by atoms with van der Waals surface area (Å²) in [5.74, 6) is 0.638. The van der Waals surface area contributed by atoms with Crippen LogP contribution in [0.15, 0.2) is 0 Å². The Hall–Kier alpha value is -1.10. The van der Waals surface area contributed by atoms with Crippen LogP contribution in [0, 0.1) is 5.92 Å². The van der Waals surface area contributed by atoms with Gasteiger partial charge in [0.25, 0.3) is 0 Å². The molecule has 0 aromatic carbocycles. The summed E-state index contributed by atoms with van der Waals surface area (Å²) in [7, 11) is 3.37. The average Bonchev–Trinajstić information content (AvgIpc) is 2.38. The van der Waals surface area contributed by atoms with Crippen LogP contribution in [0.2, 0.25) is 0 Å². The Morgan fingerprint density at radius 2 is 2.17 bits per heavy atom. The molecule has 2 unspecified atom stereocenters. The van der Waals surface area contributed by atoms with Crippen molar-refractivity contribution in [3.05, 3.63) is 0 Å². The van der Waals surface area contributed by atoms with Gasteiger partial charge in [0.05, 0.1) is 0 Å². The first-order valence-corrected chi connectivity index (χ1v) is 6.72. The van der Waals surface area contributed by atoms with E-state index < -0.39 is 0 Å². The third-order valence-corrected chi connectivity index (χ3v) is 3.70. The molecule has 18 heavy (non-hydrogen) atoms. The standard InChI is InChI=1S/C13H25N3O2/c1-10-5-4-7-15-11(10)9-13(18)16(3)8-6-12(17)14-2/h10-11,15H,4-9H2,1-3H3,(H,14,17). The fourth-order valence-corrected chi connectivity index (χ4v) is 2.25. The first kappa shape index (κ1) is 15.0. The van der Waals surface area contributed by atoms with Gasteiger partial charge >= 0.3 is 0 Å². The topological polar surface area (TPSA) is 61.4 Å². The highest BCUT2D eigenvalue weighted by molar-refractivity contribution is 5.79. The number of nitrogens with one attached hydrogen (secondary N) is 2. The van der Waals surface area contributed by atoms with Crippen LogP contribution in [0.4, 0.5) is 0 Å². The lowest BCUT2D eigenvalue weighted by Gasteiger charge is -2.31. The Morgan fingerprint density at radius 1 is 1.44 bits per heavy atom. The molecule has 5 nitrogen and oxygen atoms in total. The second kappa shape index (κ2) is 7.36. The zero-order valence-corrected chi connectivity index (χ0v) is 11.7. The van der Waals surface area contributed by atoms with Gasteiger partial charge in [-0.3, -0.25) is 9.59 Å². The maximum Gasteiger partial charge on any atom is 0.223 e. The molecule has 1 rings (SSSR count). The smallest absolute Gasteiger partial charge is 0.223 e. The Kier molecular flexibility index (Phi) is 6.12. The second-order valence-corrected chi connectivity index (χ2v) is 5.12. The largest absolute Gasteiger partial charge is 0.359 e. The number of carbonyl (C=O) groups excluding carboxylic acids is 2. The van der Waals surface area contributed by atoms with Crippen LogP contribution < -0.4 is 10.6 Å². The van der Waals surface area contributed by atoms with E-state index in [0.717, 1.165) is 6.54 Å². The normalized spacial score (nSPS) is 23.5. The quantitative estimate of drug-likeness (QED) is 0.745. The molecule has 0 spiro atoms. The van der Waals surface area contributed by atoms with Crippen molar-refractivity contribution in [2.45, 2.75) is 38.6 Å². The molecule has 2 amide bonds. The summed E-state index contributed by atoms with van der Waals surface area (Å²) in [6.45, 7) is 3.68. The monoisotopic (exact) mass is 255 g/mol. The van der Waals surface area contributed by atoms with Crippen molar-refractivity contribution in [2.75, 3.05) is 27.2 Å². The maximum atomic E-state index is 12.0. The van der Waals surface area contributed by atoms with Crippen LogP contribution in [0.3, 0.4) is 0 Å². The van der Waals surface area contributed by atoms with E-state index in [1.165, 1.54) is 12.8 Å². The average molecular weight is 255 g/mol. The summed E-state index contributed by atoms with van der Waals surface area (Å²) in [6.07, 6.45) is 3.28. The van der Waals surface area contributed by atoms with Gasteiger partial charge in [0.1, 0.15) is 0 Å². The first-order chi connectivity index (χ1) is 8.54. The molecule has 2 atom stereocenters. The SMILES string of the molecule is CNC(=O)CCN(C)C(=O)CC1NCCCC1C. The van der Waals surface area contributed by atoms with Crippen molar-refractivity contribution in [1.29, 1.82) is 0 Å². The summed E-state index contributed by atoms with van der Waals surface area (Å²) in [6, 6.07) is 0.286. The predicted octanol–water partition coefficient (Wildman–Crippen LogP) is 0.359. The second-order valence-electron chi connectivity index (χ2n) is 5.12. The predicted molar refractivity (Wildman–Crippen MR) is 71.1 cm³/mol. The van der Waals surface area contributed by atoms with Gasteiger partial charge in [-0.2, -0.15) is 0 Å². The van der Waals surface area contributed by atoms with Gasteiger partial charge in [0.15, 0.2) is 0 Å². The van der Waals surface area contributed by atoms with Crippen molar-refractivity contribution in [1.82, 2.24) is 15.5 Å². The summed E-state index contributed by atoms with van der Waals surface area (Å²) in [5, 5.41) is 5.96. The summed E-state index contributed by atoms with van der Waals surface area (Å²) in [4.78, 5) is 24.8. The van der Waals surface area contributed by atoms with Gasteiger partial charge in [0.2, 0.25) is 11.8 Å². The van der Waals surface area contributed by atoms with Crippen LogP contribution in [0.25, 0.3) is 0 Å². The Balaban J connectivity index is 2.32. The number of amides is 2. The van der Waals surface area contributed by atoms with Crippen LogP contribution in [0.5, 0.6) is 0 Å². The van der Waals surface area contributed by atoms with Crippen LogP contribution >= 0.6 is 0 Å².